The number of aryl methyl sites for hydroxylation is 2. The van der Waals surface area contributed by atoms with Crippen molar-refractivity contribution in [1.29, 1.82) is 0 Å². The summed E-state index contributed by atoms with van der Waals surface area (Å²) >= 11 is 8.36. The number of hydrogen-bond acceptors (Lipinski definition) is 11. The van der Waals surface area contributed by atoms with E-state index in [4.69, 9.17) is 25.8 Å². The van der Waals surface area contributed by atoms with Gasteiger partial charge in [0.1, 0.15) is 11.5 Å². The van der Waals surface area contributed by atoms with Crippen LogP contribution in [0.4, 0.5) is 10.1 Å². The third-order valence-corrected chi connectivity index (χ3v) is 13.5. The number of anilines is 1. The molecule has 1 aliphatic carbocycles. The van der Waals surface area contributed by atoms with E-state index in [2.05, 4.69) is 10.4 Å². The lowest BCUT2D eigenvalue weighted by Crippen LogP contribution is -2.53. The van der Waals surface area contributed by atoms with E-state index in [0.717, 1.165) is 9.58 Å². The Morgan fingerprint density at radius 2 is 1.60 bits per heavy atom. The third-order valence-electron chi connectivity index (χ3n) is 12.4. The smallest absolute Gasteiger partial charge is 0.347 e. The Labute approximate surface area is 375 Å². The summed E-state index contributed by atoms with van der Waals surface area (Å²) in [5, 5.41) is 12.3. The van der Waals surface area contributed by atoms with Gasteiger partial charge in [0.15, 0.2) is 23.0 Å². The van der Waals surface area contributed by atoms with Crippen LogP contribution in [0.15, 0.2) is 98.8 Å². The molecule has 2 fully saturated rings. The molecule has 63 heavy (non-hydrogen) atoms. The summed E-state index contributed by atoms with van der Waals surface area (Å²) in [5.41, 5.74) is 2.33. The lowest BCUT2D eigenvalue weighted by Gasteiger charge is -2.49. The highest BCUT2D eigenvalue weighted by Gasteiger charge is 2.69. The largest absolute Gasteiger partial charge is 0.504 e. The number of imide groups is 1. The molecule has 6 aromatic rings. The number of allylic oxidation sites excluding steroid dienone is 2. The molecule has 3 aliphatic rings. The van der Waals surface area contributed by atoms with Crippen molar-refractivity contribution in [2.45, 2.75) is 43.3 Å². The number of amides is 2. The number of phenols is 1. The van der Waals surface area contributed by atoms with Gasteiger partial charge in [0.2, 0.25) is 0 Å². The Morgan fingerprint density at radius 3 is 2.29 bits per heavy atom. The Balaban J connectivity index is 1.19. The first-order valence-electron chi connectivity index (χ1n) is 19.7. The predicted molar refractivity (Wildman–Crippen MR) is 237 cm³/mol. The average molecular weight is 990 g/mol. The summed E-state index contributed by atoms with van der Waals surface area (Å²) < 4.78 is 35.9. The van der Waals surface area contributed by atoms with Crippen LogP contribution in [-0.4, -0.2) is 66.7 Å². The average Bonchev–Trinajstić information content (AvgIpc) is 3.65. The van der Waals surface area contributed by atoms with E-state index in [1.54, 1.807) is 61.7 Å². The van der Waals surface area contributed by atoms with Gasteiger partial charge >= 0.3 is 11.4 Å². The van der Waals surface area contributed by atoms with E-state index in [9.17, 15) is 28.7 Å². The van der Waals surface area contributed by atoms with Gasteiger partial charge in [-0.2, -0.15) is 5.01 Å². The van der Waals surface area contributed by atoms with Gasteiger partial charge in [-0.3, -0.25) is 19.8 Å². The number of phenolic OH excluding ortho intramolecular Hbond substituents is 1. The molecule has 16 nitrogen and oxygen atoms in total. The third kappa shape index (κ3) is 6.43. The molecular formula is C44H38ClFIN7O9. The first-order chi connectivity index (χ1) is 30.2. The summed E-state index contributed by atoms with van der Waals surface area (Å²) in [7, 11) is 5.95. The molecule has 4 aromatic carbocycles. The summed E-state index contributed by atoms with van der Waals surface area (Å²) in [6.07, 6.45) is 1.64. The number of ether oxygens (including phenoxy) is 3. The molecule has 2 aliphatic heterocycles. The molecule has 2 amide bonds. The SMILES string of the molecule is COc1cc2nc(CCn3c(=O)n4n(c3=O)C3CC5C(=O)N(Nc6ccc(F)cc6)C(=O)C5(c5ccc(Cl)cc5)C(c5cc(I)c(O)c(OC)c5)C3=CC4)c(=O)n(C)c2cc1OC. The maximum absolute atomic E-state index is 15.4. The van der Waals surface area contributed by atoms with Crippen molar-refractivity contribution < 1.29 is 33.3 Å². The fourth-order valence-electron chi connectivity index (χ4n) is 9.54. The van der Waals surface area contributed by atoms with Gasteiger partial charge < -0.3 is 23.9 Å². The molecule has 4 atom stereocenters. The summed E-state index contributed by atoms with van der Waals surface area (Å²) in [5.74, 6) is -3.09. The molecule has 2 aromatic heterocycles. The van der Waals surface area contributed by atoms with E-state index >= 15 is 4.79 Å². The zero-order chi connectivity index (χ0) is 44.6. The highest BCUT2D eigenvalue weighted by molar-refractivity contribution is 14.1. The van der Waals surface area contributed by atoms with E-state index in [1.807, 2.05) is 22.6 Å². The highest BCUT2D eigenvalue weighted by Crippen LogP contribution is 2.62. The van der Waals surface area contributed by atoms with Gasteiger partial charge in [-0.05, 0) is 94.2 Å². The molecule has 4 heterocycles. The quantitative estimate of drug-likeness (QED) is 0.107. The second-order valence-electron chi connectivity index (χ2n) is 15.5. The highest BCUT2D eigenvalue weighted by atomic mass is 127. The van der Waals surface area contributed by atoms with E-state index in [0.29, 0.717) is 47.8 Å². The van der Waals surface area contributed by atoms with E-state index < -0.39 is 57.9 Å². The predicted octanol–water partition coefficient (Wildman–Crippen LogP) is 5.05. The van der Waals surface area contributed by atoms with Crippen LogP contribution >= 0.6 is 34.2 Å². The Bertz CT molecular complexity index is 3110. The number of nitrogens with one attached hydrogen (secondary N) is 1. The van der Waals surface area contributed by atoms with Crippen molar-refractivity contribution in [3.05, 3.63) is 147 Å². The molecule has 324 valence electrons. The minimum Gasteiger partial charge on any atom is -0.504 e. The van der Waals surface area contributed by atoms with E-state index in [-0.39, 0.29) is 48.8 Å². The van der Waals surface area contributed by atoms with Crippen LogP contribution in [0.1, 0.15) is 35.2 Å². The number of carbonyl (C=O) groups excluding carboxylic acids is 2. The number of methoxy groups -OCH3 is 3. The number of halogens is 3. The maximum Gasteiger partial charge on any atom is 0.347 e. The van der Waals surface area contributed by atoms with Gasteiger partial charge in [-0.25, -0.2) is 32.9 Å². The lowest BCUT2D eigenvalue weighted by molar-refractivity contribution is -0.138. The number of hydrazine groups is 1. The van der Waals surface area contributed by atoms with Crippen LogP contribution in [0.3, 0.4) is 0 Å². The van der Waals surface area contributed by atoms with Crippen LogP contribution in [0, 0.1) is 15.3 Å². The fraction of sp³-hybridized carbons (Fsp3) is 0.273. The molecule has 0 radical (unpaired) electrons. The minimum atomic E-state index is -1.68. The normalized spacial score (nSPS) is 20.3. The number of hydrogen-bond donors (Lipinski definition) is 2. The second kappa shape index (κ2) is 15.7. The molecule has 4 unspecified atom stereocenters. The summed E-state index contributed by atoms with van der Waals surface area (Å²) in [4.78, 5) is 77.5. The van der Waals surface area contributed by atoms with Crippen molar-refractivity contribution in [2.24, 2.45) is 13.0 Å². The number of carbonyl (C=O) groups is 2. The monoisotopic (exact) mass is 989 g/mol. The molecule has 9 rings (SSSR count). The number of fused-ring (bicyclic) bond motifs is 5. The van der Waals surface area contributed by atoms with Gasteiger partial charge in [-0.1, -0.05) is 29.8 Å². The van der Waals surface area contributed by atoms with Gasteiger partial charge in [0.05, 0.1) is 65.5 Å². The summed E-state index contributed by atoms with van der Waals surface area (Å²) in [6, 6.07) is 17.5. The number of nitrogens with zero attached hydrogens (tertiary/aromatic N) is 6. The zero-order valence-electron chi connectivity index (χ0n) is 34.1. The summed E-state index contributed by atoms with van der Waals surface area (Å²) in [6.45, 7) is -0.274. The van der Waals surface area contributed by atoms with Crippen molar-refractivity contribution in [1.82, 2.24) is 28.5 Å². The van der Waals surface area contributed by atoms with Crippen molar-refractivity contribution in [3.8, 4) is 23.0 Å². The Kier molecular flexibility index (Phi) is 10.5. The molecule has 1 saturated heterocycles. The maximum atomic E-state index is 15.4. The standard InChI is InChI=1S/C44H38ClFIN7O9/c1-50-33-21-35(62-3)34(61-2)20-31(33)48-30(40(50)57)14-15-51-42(59)52-16-13-27-32(54(52)43(51)60)19-28-39(56)53(49-26-11-9-25(46)10-12-26)41(58)44(28,23-5-7-24(45)8-6-23)37(27)22-17-29(47)38(55)36(18-22)63-4/h5-13,17-18,20-21,28,32,37,49,55H,14-16,19H2,1-4H3. The van der Waals surface area contributed by atoms with Crippen molar-refractivity contribution in [3.63, 3.8) is 0 Å². The number of rotatable bonds is 10. The Morgan fingerprint density at radius 1 is 0.921 bits per heavy atom. The second-order valence-corrected chi connectivity index (χ2v) is 17.1. The first-order valence-corrected chi connectivity index (χ1v) is 21.2. The first kappa shape index (κ1) is 41.9. The van der Waals surface area contributed by atoms with Gasteiger partial charge in [0, 0.05) is 43.1 Å². The van der Waals surface area contributed by atoms with Crippen molar-refractivity contribution >= 4 is 62.7 Å². The Hall–Kier alpha value is -6.41. The molecule has 0 spiro atoms. The van der Waals surface area contributed by atoms with Crippen LogP contribution in [-0.2, 0) is 41.6 Å². The minimum absolute atomic E-state index is 0.0747. The van der Waals surface area contributed by atoms with Crippen LogP contribution in [0.2, 0.25) is 5.02 Å². The topological polar surface area (TPSA) is 181 Å². The molecule has 0 bridgehead atoms. The molecule has 2 N–H and O–H groups in total. The number of benzene rings is 4. The lowest BCUT2D eigenvalue weighted by atomic mass is 9.53. The number of aromatic hydroxyl groups is 1. The molecular weight excluding hydrogens is 952 g/mol. The van der Waals surface area contributed by atoms with Gasteiger partial charge in [-0.15, -0.1) is 0 Å². The van der Waals surface area contributed by atoms with Crippen LogP contribution < -0.4 is 36.6 Å². The molecule has 19 heteroatoms. The zero-order valence-corrected chi connectivity index (χ0v) is 37.0. The van der Waals surface area contributed by atoms with Crippen molar-refractivity contribution in [2.75, 3.05) is 26.8 Å². The van der Waals surface area contributed by atoms with Crippen LogP contribution in [0.5, 0.6) is 23.0 Å². The van der Waals surface area contributed by atoms with Gasteiger partial charge in [0.25, 0.3) is 17.4 Å². The van der Waals surface area contributed by atoms with E-state index in [1.165, 1.54) is 59.5 Å². The van der Waals surface area contributed by atoms with Crippen LogP contribution in [0.25, 0.3) is 11.0 Å². The molecule has 1 saturated carbocycles. The number of aromatic nitrogens is 5. The fourth-order valence-corrected chi connectivity index (χ4v) is 10.3.